The van der Waals surface area contributed by atoms with E-state index < -0.39 is 52.1 Å². The fourth-order valence-corrected chi connectivity index (χ4v) is 24.3. The normalized spacial score (nSPS) is 22.2. The minimum atomic E-state index is -1.63. The van der Waals surface area contributed by atoms with Crippen LogP contribution in [-0.4, -0.2) is 218 Å². The number of carbonyl (C=O) groups is 6. The number of benzene rings is 1. The van der Waals surface area contributed by atoms with Crippen LogP contribution in [0, 0.1) is 16.2 Å². The van der Waals surface area contributed by atoms with Crippen molar-refractivity contribution in [2.45, 2.75) is 521 Å². The maximum atomic E-state index is 15.3. The number of hydrogen-bond acceptors (Lipinski definition) is 23. The molecular weight excluding hydrogens is 1670 g/mol. The van der Waals surface area contributed by atoms with Crippen LogP contribution in [0.15, 0.2) is 18.2 Å². The Labute approximate surface area is 800 Å². The minimum absolute atomic E-state index is 0.0120. The average molecular weight is 1860 g/mol. The highest BCUT2D eigenvalue weighted by atomic mass is 16.6. The molecule has 24 nitrogen and oxygen atoms in total. The van der Waals surface area contributed by atoms with Crippen LogP contribution in [0.2, 0.25) is 0 Å². The van der Waals surface area contributed by atoms with Crippen LogP contribution in [0.5, 0.6) is 0 Å². The number of esters is 6. The van der Waals surface area contributed by atoms with E-state index in [4.69, 9.17) is 56.8 Å². The zero-order valence-corrected chi connectivity index (χ0v) is 88.6. The molecule has 0 radical (unpaired) electrons. The molecule has 0 aromatic heterocycles. The number of rotatable bonds is 57. The maximum Gasteiger partial charge on any atom is 0.323 e. The van der Waals surface area contributed by atoms with Crippen LogP contribution in [0.4, 0.5) is 0 Å². The molecule has 7 rings (SSSR count). The SMILES string of the molecule is CCCCC(CCCc1cc(CCCC(CCCC)(C(=O)OCCCOC2CC(C)(C)NC(C)(C)C2)C(=O)OCCCOC2CC(C)(C)NC(C)(C)C2)cc(CCCC(CCCC)(C(=O)OCCCOC2CC(C)(C)NC(C)(C)C2)C(=O)OCCCOC2CC(C)(C)[NH2+]C(C)(C)C2)c1)(C(=O)OCCCOC1CC(C)(C)NC(C)(C)C1)C(=O)OCCCOC1CC(C)(C)NC(C)(C)C1. The van der Waals surface area contributed by atoms with E-state index in [2.05, 4.69) is 237 Å². The summed E-state index contributed by atoms with van der Waals surface area (Å²) >= 11 is 0. The van der Waals surface area contributed by atoms with Crippen molar-refractivity contribution in [3.05, 3.63) is 34.9 Å². The Kier molecular flexibility index (Phi) is 43.5. The summed E-state index contributed by atoms with van der Waals surface area (Å²) in [6, 6.07) is 6.49. The van der Waals surface area contributed by atoms with Gasteiger partial charge in [0.15, 0.2) is 16.2 Å². The number of ether oxygens (including phenoxy) is 12. The Morgan fingerprint density at radius 1 is 0.250 bits per heavy atom. The number of aryl methyl sites for hydroxylation is 3. The lowest BCUT2D eigenvalue weighted by molar-refractivity contribution is -0.789. The Balaban J connectivity index is 1.21. The van der Waals surface area contributed by atoms with Crippen molar-refractivity contribution in [1.82, 2.24) is 26.6 Å². The third kappa shape index (κ3) is 39.0. The predicted octanol–water partition coefficient (Wildman–Crippen LogP) is 18.7. The highest BCUT2D eigenvalue weighted by Gasteiger charge is 2.53. The summed E-state index contributed by atoms with van der Waals surface area (Å²) in [5.74, 6) is -3.59. The van der Waals surface area contributed by atoms with Crippen molar-refractivity contribution in [3.63, 3.8) is 0 Å². The molecule has 0 aliphatic carbocycles. The monoisotopic (exact) mass is 1860 g/mol. The second-order valence-corrected chi connectivity index (χ2v) is 49.2. The van der Waals surface area contributed by atoms with Gasteiger partial charge in [-0.1, -0.05) is 77.5 Å². The van der Waals surface area contributed by atoms with Gasteiger partial charge in [-0.25, -0.2) is 0 Å². The molecule has 6 fully saturated rings. The van der Waals surface area contributed by atoms with Crippen molar-refractivity contribution in [2.24, 2.45) is 16.2 Å². The molecule has 1 aromatic carbocycles. The van der Waals surface area contributed by atoms with Crippen LogP contribution < -0.4 is 31.9 Å². The average Bonchev–Trinajstić information content (AvgIpc) is 0.828. The van der Waals surface area contributed by atoms with Gasteiger partial charge in [0.25, 0.3) is 0 Å². The zero-order valence-electron chi connectivity index (χ0n) is 88.6. The first-order valence-corrected chi connectivity index (χ1v) is 52.1. The van der Waals surface area contributed by atoms with Crippen LogP contribution in [0.1, 0.15) is 416 Å². The van der Waals surface area contributed by atoms with Crippen LogP contribution >= 0.6 is 0 Å². The summed E-state index contributed by atoms with van der Waals surface area (Å²) in [6.45, 7) is 61.9. The fraction of sp³-hybridized carbons (Fsp3) is 0.889. The van der Waals surface area contributed by atoms with Crippen molar-refractivity contribution in [1.29, 1.82) is 0 Å². The highest BCUT2D eigenvalue weighted by molar-refractivity contribution is 6.01. The van der Waals surface area contributed by atoms with Crippen molar-refractivity contribution < 1.29 is 90.9 Å². The van der Waals surface area contributed by atoms with Gasteiger partial charge < -0.3 is 88.7 Å². The summed E-state index contributed by atoms with van der Waals surface area (Å²) in [6.07, 6.45) is 20.7. The van der Waals surface area contributed by atoms with E-state index in [-0.39, 0.29) is 181 Å². The van der Waals surface area contributed by atoms with E-state index in [9.17, 15) is 0 Å². The van der Waals surface area contributed by atoms with Gasteiger partial charge in [0.2, 0.25) is 0 Å². The van der Waals surface area contributed by atoms with Gasteiger partial charge in [0.1, 0.15) is 0 Å². The molecule has 0 bridgehead atoms. The molecule has 0 amide bonds. The summed E-state index contributed by atoms with van der Waals surface area (Å²) in [5, 5.41) is 21.1. The molecule has 6 aliphatic heterocycles. The second kappa shape index (κ2) is 50.1. The number of quaternary nitrogens is 1. The molecule has 6 heterocycles. The molecular formula is C108H193N6O18+. The molecule has 762 valence electrons. The lowest BCUT2D eigenvalue weighted by Gasteiger charge is -2.46. The fourth-order valence-electron chi connectivity index (χ4n) is 24.3. The third-order valence-corrected chi connectivity index (χ3v) is 27.8. The van der Waals surface area contributed by atoms with Gasteiger partial charge in [-0.05, 0) is 324 Å². The summed E-state index contributed by atoms with van der Waals surface area (Å²) in [5.41, 5.74) is -3.15. The first kappa shape index (κ1) is 115. The Bertz CT molecular complexity index is 3050. The second-order valence-electron chi connectivity index (χ2n) is 49.2. The van der Waals surface area contributed by atoms with Gasteiger partial charge in [-0.2, -0.15) is 0 Å². The zero-order chi connectivity index (χ0) is 98.0. The van der Waals surface area contributed by atoms with Crippen molar-refractivity contribution in [3.8, 4) is 0 Å². The van der Waals surface area contributed by atoms with Gasteiger partial charge in [-0.3, -0.25) is 28.8 Å². The topological polar surface area (TPSA) is 290 Å². The Morgan fingerprint density at radius 3 is 0.576 bits per heavy atom. The van der Waals surface area contributed by atoms with Gasteiger partial charge >= 0.3 is 35.8 Å². The van der Waals surface area contributed by atoms with Crippen LogP contribution in [-0.2, 0) is 105 Å². The molecule has 0 spiro atoms. The van der Waals surface area contributed by atoms with Crippen molar-refractivity contribution >= 4 is 35.8 Å². The molecule has 24 heteroatoms. The number of hydrogen-bond donors (Lipinski definition) is 6. The predicted molar refractivity (Wildman–Crippen MR) is 525 cm³/mol. The van der Waals surface area contributed by atoms with E-state index in [1.165, 1.54) is 0 Å². The van der Waals surface area contributed by atoms with Gasteiger partial charge in [0, 0.05) is 107 Å². The van der Waals surface area contributed by atoms with Gasteiger partial charge in [-0.15, -0.1) is 0 Å². The summed E-state index contributed by atoms with van der Waals surface area (Å²) in [7, 11) is 0. The highest BCUT2D eigenvalue weighted by Crippen LogP contribution is 2.42. The number of nitrogens with one attached hydrogen (secondary N) is 5. The minimum Gasteiger partial charge on any atom is -0.465 e. The smallest absolute Gasteiger partial charge is 0.323 e. The molecule has 6 aliphatic rings. The third-order valence-electron chi connectivity index (χ3n) is 27.8. The number of nitrogens with two attached hydrogens (primary N) is 1. The molecule has 1 atom stereocenters. The number of carbonyl (C=O) groups excluding carboxylic acids is 6. The molecule has 7 N–H and O–H groups in total. The number of unbranched alkanes of at least 4 members (excludes halogenated alkanes) is 3. The van der Waals surface area contributed by atoms with E-state index >= 15 is 28.8 Å². The molecule has 1 aromatic rings. The van der Waals surface area contributed by atoms with Crippen molar-refractivity contribution in [2.75, 3.05) is 79.3 Å². The first-order valence-electron chi connectivity index (χ1n) is 52.1. The molecule has 0 saturated carbocycles. The van der Waals surface area contributed by atoms with Crippen LogP contribution in [0.3, 0.4) is 0 Å². The molecule has 1 unspecified atom stereocenters. The Hall–Kier alpha value is -4.44. The quantitative estimate of drug-likeness (QED) is 0.0153. The Morgan fingerprint density at radius 2 is 0.409 bits per heavy atom. The largest absolute Gasteiger partial charge is 0.465 e. The van der Waals surface area contributed by atoms with E-state index in [0.717, 1.165) is 113 Å². The lowest BCUT2D eigenvalue weighted by Crippen LogP contribution is -3.05. The first-order chi connectivity index (χ1) is 61.4. The summed E-state index contributed by atoms with van der Waals surface area (Å²) < 4.78 is 76.8. The molecule has 132 heavy (non-hydrogen) atoms. The summed E-state index contributed by atoms with van der Waals surface area (Å²) in [4.78, 5) is 91.9. The maximum absolute atomic E-state index is 15.3. The van der Waals surface area contributed by atoms with E-state index in [0.29, 0.717) is 136 Å². The van der Waals surface area contributed by atoms with Crippen LogP contribution in [0.25, 0.3) is 0 Å². The van der Waals surface area contributed by atoms with Gasteiger partial charge in [0.05, 0.1) is 127 Å². The lowest BCUT2D eigenvalue weighted by atomic mass is 9.77. The van der Waals surface area contributed by atoms with E-state index in [1.807, 2.05) is 0 Å². The molecule has 6 saturated heterocycles. The standard InChI is InChI=1S/C108H192N6O18/c1-28-31-46-106(88(115)127-58-37-52-121-82-67-94(4,5)109-95(6,7)68-82,89(116)128-59-38-53-122-83-69-96(8,9)110-97(10,11)70-83)49-34-43-79-64-80(44-35-50-107(47-32-29-2,90(117)129-60-39-54-123-84-71-98(12,13)111-99(14,15)72-84)91(118)130-61-40-55-124-85-73-100(16,17)112-101(18,19)74-85)66-81(65-79)45-36-51-108(48-33-30-3,92(119)131-62-41-56-125-86-75-102(20,21)113-103(22,23)76-86)93(120)132-63-42-57-126-87-77-104(24,25)114-105(26,27)78-87/h64-66,82-87,109-114H,28-63,67-78H2,1-27H3/p+1. The number of piperidine rings is 6. The van der Waals surface area contributed by atoms with E-state index in [1.54, 1.807) is 0 Å².